The Morgan fingerprint density at radius 2 is 2.04 bits per heavy atom. The molecule has 0 spiro atoms. The summed E-state index contributed by atoms with van der Waals surface area (Å²) in [6.45, 7) is 3.43. The topological polar surface area (TPSA) is 46.9 Å². The van der Waals surface area contributed by atoms with Gasteiger partial charge in [-0.3, -0.25) is 4.79 Å². The molecule has 0 saturated carbocycles. The summed E-state index contributed by atoms with van der Waals surface area (Å²) in [7, 11) is 0. The van der Waals surface area contributed by atoms with Crippen LogP contribution in [0.1, 0.15) is 24.2 Å². The zero-order valence-electron chi connectivity index (χ0n) is 14.3. The number of aromatic nitrogens is 2. The van der Waals surface area contributed by atoms with Gasteiger partial charge < -0.3 is 9.88 Å². The lowest BCUT2D eigenvalue weighted by molar-refractivity contribution is -0.121. The molecule has 0 atom stereocenters. The molecule has 1 N–H and O–H groups in total. The standard InChI is InChI=1S/C20H22FN3O/c1-15-23-18-8-2-3-9-19(18)24(15)13-5-12-22-20(25)11-10-16-6-4-7-17(21)14-16/h2-4,6-9,14H,5,10-13H2,1H3,(H,22,25). The number of carbonyl (C=O) groups is 1. The molecule has 0 radical (unpaired) electrons. The number of nitrogens with one attached hydrogen (secondary N) is 1. The molecule has 2 aromatic carbocycles. The summed E-state index contributed by atoms with van der Waals surface area (Å²) in [6.07, 6.45) is 1.76. The van der Waals surface area contributed by atoms with E-state index in [1.165, 1.54) is 12.1 Å². The van der Waals surface area contributed by atoms with Gasteiger partial charge >= 0.3 is 0 Å². The van der Waals surface area contributed by atoms with E-state index < -0.39 is 0 Å². The highest BCUT2D eigenvalue weighted by Crippen LogP contribution is 2.15. The molecule has 0 aliphatic rings. The van der Waals surface area contributed by atoms with Crippen LogP contribution in [0.25, 0.3) is 11.0 Å². The van der Waals surface area contributed by atoms with Crippen LogP contribution in [0.2, 0.25) is 0 Å². The summed E-state index contributed by atoms with van der Waals surface area (Å²) in [6, 6.07) is 14.4. The van der Waals surface area contributed by atoms with Crippen molar-refractivity contribution >= 4 is 16.9 Å². The van der Waals surface area contributed by atoms with E-state index in [0.717, 1.165) is 35.4 Å². The Hall–Kier alpha value is -2.69. The summed E-state index contributed by atoms with van der Waals surface area (Å²) in [5.41, 5.74) is 2.97. The minimum atomic E-state index is -0.263. The van der Waals surface area contributed by atoms with Gasteiger partial charge in [-0.15, -0.1) is 0 Å². The van der Waals surface area contributed by atoms with Crippen molar-refractivity contribution in [2.45, 2.75) is 32.7 Å². The van der Waals surface area contributed by atoms with Crippen LogP contribution in [0.5, 0.6) is 0 Å². The van der Waals surface area contributed by atoms with Crippen molar-refractivity contribution in [1.29, 1.82) is 0 Å². The van der Waals surface area contributed by atoms with Gasteiger partial charge in [0.25, 0.3) is 0 Å². The SMILES string of the molecule is Cc1nc2ccccc2n1CCCNC(=O)CCc1cccc(F)c1. The maximum absolute atomic E-state index is 13.1. The van der Waals surface area contributed by atoms with Crippen molar-refractivity contribution in [1.82, 2.24) is 14.9 Å². The molecule has 5 heteroatoms. The third kappa shape index (κ3) is 4.44. The summed E-state index contributed by atoms with van der Waals surface area (Å²) in [5.74, 6) is 0.718. The molecule has 1 heterocycles. The van der Waals surface area contributed by atoms with Gasteiger partial charge in [-0.05, 0) is 49.6 Å². The number of rotatable bonds is 7. The first-order valence-corrected chi connectivity index (χ1v) is 8.56. The number of nitrogens with zero attached hydrogens (tertiary/aromatic N) is 2. The number of hydrogen-bond donors (Lipinski definition) is 1. The van der Waals surface area contributed by atoms with E-state index in [2.05, 4.69) is 20.9 Å². The third-order valence-corrected chi connectivity index (χ3v) is 4.26. The van der Waals surface area contributed by atoms with Crippen LogP contribution in [0.3, 0.4) is 0 Å². The predicted octanol–water partition coefficient (Wildman–Crippen LogP) is 3.62. The number of halogens is 1. The Labute approximate surface area is 146 Å². The largest absolute Gasteiger partial charge is 0.356 e. The molecule has 0 aliphatic heterocycles. The second-order valence-electron chi connectivity index (χ2n) is 6.13. The number of aryl methyl sites for hydroxylation is 3. The van der Waals surface area contributed by atoms with Crippen LogP contribution in [-0.4, -0.2) is 22.0 Å². The quantitative estimate of drug-likeness (QED) is 0.668. The molecule has 130 valence electrons. The monoisotopic (exact) mass is 339 g/mol. The van der Waals surface area contributed by atoms with Crippen LogP contribution in [0, 0.1) is 12.7 Å². The molecular weight excluding hydrogens is 317 g/mol. The van der Waals surface area contributed by atoms with Gasteiger partial charge in [0.2, 0.25) is 5.91 Å². The lowest BCUT2D eigenvalue weighted by atomic mass is 10.1. The molecule has 0 saturated heterocycles. The van der Waals surface area contributed by atoms with Gasteiger partial charge in [0, 0.05) is 19.5 Å². The van der Waals surface area contributed by atoms with Gasteiger partial charge in [-0.25, -0.2) is 9.37 Å². The molecule has 1 amide bonds. The molecule has 4 nitrogen and oxygen atoms in total. The molecule has 3 rings (SSSR count). The van der Waals surface area contributed by atoms with Gasteiger partial charge in [0.05, 0.1) is 11.0 Å². The lowest BCUT2D eigenvalue weighted by Gasteiger charge is -2.08. The number of benzene rings is 2. The van der Waals surface area contributed by atoms with E-state index in [0.29, 0.717) is 19.4 Å². The number of carbonyl (C=O) groups excluding carboxylic acids is 1. The van der Waals surface area contributed by atoms with Crippen molar-refractivity contribution < 1.29 is 9.18 Å². The number of para-hydroxylation sites is 2. The molecule has 0 aliphatic carbocycles. The van der Waals surface area contributed by atoms with Crippen LogP contribution in [0.15, 0.2) is 48.5 Å². The van der Waals surface area contributed by atoms with E-state index in [1.54, 1.807) is 6.07 Å². The van der Waals surface area contributed by atoms with Gasteiger partial charge in [-0.1, -0.05) is 24.3 Å². The van der Waals surface area contributed by atoms with Crippen molar-refractivity contribution in [3.8, 4) is 0 Å². The maximum Gasteiger partial charge on any atom is 0.220 e. The minimum Gasteiger partial charge on any atom is -0.356 e. The van der Waals surface area contributed by atoms with E-state index in [1.807, 2.05) is 31.2 Å². The number of amides is 1. The normalized spacial score (nSPS) is 11.0. The van der Waals surface area contributed by atoms with E-state index >= 15 is 0 Å². The highest BCUT2D eigenvalue weighted by atomic mass is 19.1. The van der Waals surface area contributed by atoms with E-state index in [9.17, 15) is 9.18 Å². The van der Waals surface area contributed by atoms with Gasteiger partial charge in [-0.2, -0.15) is 0 Å². The Morgan fingerprint density at radius 3 is 2.88 bits per heavy atom. The maximum atomic E-state index is 13.1. The highest BCUT2D eigenvalue weighted by Gasteiger charge is 2.07. The second kappa shape index (κ2) is 7.92. The van der Waals surface area contributed by atoms with Crippen LogP contribution in [-0.2, 0) is 17.8 Å². The first-order valence-electron chi connectivity index (χ1n) is 8.56. The summed E-state index contributed by atoms with van der Waals surface area (Å²) in [5, 5.41) is 2.93. The Balaban J connectivity index is 1.43. The molecule has 1 aromatic heterocycles. The third-order valence-electron chi connectivity index (χ3n) is 4.26. The second-order valence-corrected chi connectivity index (χ2v) is 6.13. The van der Waals surface area contributed by atoms with E-state index in [4.69, 9.17) is 0 Å². The molecule has 0 bridgehead atoms. The van der Waals surface area contributed by atoms with Crippen molar-refractivity contribution in [3.63, 3.8) is 0 Å². The minimum absolute atomic E-state index is 0.00327. The number of fused-ring (bicyclic) bond motifs is 1. The molecule has 3 aromatic rings. The smallest absolute Gasteiger partial charge is 0.220 e. The lowest BCUT2D eigenvalue weighted by Crippen LogP contribution is -2.25. The molecular formula is C20H22FN3O. The van der Waals surface area contributed by atoms with Crippen LogP contribution >= 0.6 is 0 Å². The highest BCUT2D eigenvalue weighted by molar-refractivity contribution is 5.76. The fourth-order valence-electron chi connectivity index (χ4n) is 2.98. The fourth-order valence-corrected chi connectivity index (χ4v) is 2.98. The Bertz CT molecular complexity index is 872. The summed E-state index contributed by atoms with van der Waals surface area (Å²) >= 11 is 0. The van der Waals surface area contributed by atoms with Gasteiger partial charge in [0.15, 0.2) is 0 Å². The molecule has 0 fully saturated rings. The molecule has 25 heavy (non-hydrogen) atoms. The van der Waals surface area contributed by atoms with Gasteiger partial charge in [0.1, 0.15) is 11.6 Å². The number of imidazole rings is 1. The Morgan fingerprint density at radius 1 is 1.20 bits per heavy atom. The first-order chi connectivity index (χ1) is 12.1. The predicted molar refractivity (Wildman–Crippen MR) is 96.8 cm³/mol. The number of hydrogen-bond acceptors (Lipinski definition) is 2. The summed E-state index contributed by atoms with van der Waals surface area (Å²) in [4.78, 5) is 16.5. The summed E-state index contributed by atoms with van der Waals surface area (Å²) < 4.78 is 15.3. The van der Waals surface area contributed by atoms with Crippen molar-refractivity contribution in [2.75, 3.05) is 6.54 Å². The average molecular weight is 339 g/mol. The van der Waals surface area contributed by atoms with Crippen LogP contribution in [0.4, 0.5) is 4.39 Å². The zero-order chi connectivity index (χ0) is 17.6. The Kier molecular flexibility index (Phi) is 5.43. The van der Waals surface area contributed by atoms with Crippen molar-refractivity contribution in [3.05, 3.63) is 65.7 Å². The molecule has 0 unspecified atom stereocenters. The zero-order valence-corrected chi connectivity index (χ0v) is 14.3. The fraction of sp³-hybridized carbons (Fsp3) is 0.300. The first kappa shape index (κ1) is 17.1. The average Bonchev–Trinajstić information content (AvgIpc) is 2.92. The van der Waals surface area contributed by atoms with Crippen molar-refractivity contribution in [2.24, 2.45) is 0 Å². The van der Waals surface area contributed by atoms with Crippen LogP contribution < -0.4 is 5.32 Å². The van der Waals surface area contributed by atoms with E-state index in [-0.39, 0.29) is 11.7 Å².